The lowest BCUT2D eigenvalue weighted by molar-refractivity contribution is 0.123. The molecule has 6 heterocycles. The van der Waals surface area contributed by atoms with Gasteiger partial charge in [0.25, 0.3) is 0 Å². The quantitative estimate of drug-likeness (QED) is 0.356. The van der Waals surface area contributed by atoms with Gasteiger partial charge in [0.1, 0.15) is 11.4 Å². The molecule has 39 heavy (non-hydrogen) atoms. The molecular formula is C28H22N8O3. The summed E-state index contributed by atoms with van der Waals surface area (Å²) in [5.41, 5.74) is 6.27. The number of para-hydroxylation sites is 1. The SMILES string of the molecule is Oc1nc(-c2ccc(-c3c(C=Cc4ccc5ccccc5n4)nc4c(N5CCOCC5)ccnn34)cn2)no1. The second-order valence-electron chi connectivity index (χ2n) is 8.99. The van der Waals surface area contributed by atoms with Gasteiger partial charge in [0, 0.05) is 30.2 Å². The van der Waals surface area contributed by atoms with Crippen molar-refractivity contribution < 1.29 is 14.4 Å². The molecule has 0 saturated carbocycles. The van der Waals surface area contributed by atoms with Crippen LogP contribution in [-0.4, -0.2) is 66.1 Å². The zero-order chi connectivity index (χ0) is 26.2. The number of hydrogen-bond acceptors (Lipinski definition) is 10. The van der Waals surface area contributed by atoms with Crippen molar-refractivity contribution in [3.63, 3.8) is 0 Å². The third kappa shape index (κ3) is 4.34. The average molecular weight is 519 g/mol. The molecule has 1 fully saturated rings. The van der Waals surface area contributed by atoms with Crippen LogP contribution >= 0.6 is 0 Å². The van der Waals surface area contributed by atoms with Crippen LogP contribution in [0.1, 0.15) is 11.4 Å². The molecular weight excluding hydrogens is 496 g/mol. The highest BCUT2D eigenvalue weighted by Gasteiger charge is 2.21. The van der Waals surface area contributed by atoms with Crippen molar-refractivity contribution >= 4 is 34.4 Å². The summed E-state index contributed by atoms with van der Waals surface area (Å²) in [5.74, 6) is 0.201. The lowest BCUT2D eigenvalue weighted by Gasteiger charge is -2.28. The van der Waals surface area contributed by atoms with Crippen LogP contribution in [0, 0.1) is 0 Å². The number of nitrogens with zero attached hydrogens (tertiary/aromatic N) is 8. The lowest BCUT2D eigenvalue weighted by atomic mass is 10.1. The van der Waals surface area contributed by atoms with Crippen molar-refractivity contribution in [1.29, 1.82) is 0 Å². The fourth-order valence-corrected chi connectivity index (χ4v) is 4.71. The van der Waals surface area contributed by atoms with E-state index in [4.69, 9.17) is 14.7 Å². The average Bonchev–Trinajstić information content (AvgIpc) is 3.60. The van der Waals surface area contributed by atoms with Gasteiger partial charge in [-0.15, -0.1) is 0 Å². The smallest absolute Gasteiger partial charge is 0.415 e. The Bertz CT molecular complexity index is 1820. The Labute approximate surface area is 222 Å². The summed E-state index contributed by atoms with van der Waals surface area (Å²) in [4.78, 5) is 20.4. The van der Waals surface area contributed by atoms with Crippen LogP contribution in [0.5, 0.6) is 6.08 Å². The number of aromatic hydroxyl groups is 1. The van der Waals surface area contributed by atoms with E-state index in [1.54, 1.807) is 18.5 Å². The maximum Gasteiger partial charge on any atom is 0.415 e. The Kier molecular flexibility index (Phi) is 5.67. The molecule has 1 N–H and O–H groups in total. The van der Waals surface area contributed by atoms with Crippen molar-refractivity contribution in [2.45, 2.75) is 0 Å². The minimum Gasteiger partial charge on any atom is -0.464 e. The van der Waals surface area contributed by atoms with Gasteiger partial charge < -0.3 is 14.7 Å². The molecule has 11 heteroatoms. The molecule has 0 atom stereocenters. The van der Waals surface area contributed by atoms with Gasteiger partial charge in [-0.1, -0.05) is 29.4 Å². The van der Waals surface area contributed by atoms with Gasteiger partial charge in [-0.25, -0.2) is 14.5 Å². The molecule has 1 aliphatic rings. The number of rotatable bonds is 5. The maximum absolute atomic E-state index is 9.41. The highest BCUT2D eigenvalue weighted by atomic mass is 16.6. The van der Waals surface area contributed by atoms with Crippen LogP contribution < -0.4 is 4.90 Å². The van der Waals surface area contributed by atoms with Gasteiger partial charge in [0.2, 0.25) is 5.82 Å². The molecule has 1 aromatic carbocycles. The normalized spacial score (nSPS) is 14.1. The monoisotopic (exact) mass is 518 g/mol. The predicted octanol–water partition coefficient (Wildman–Crippen LogP) is 4.10. The minimum atomic E-state index is -0.507. The number of aromatic nitrogens is 7. The molecule has 7 rings (SSSR count). The lowest BCUT2D eigenvalue weighted by Crippen LogP contribution is -2.36. The zero-order valence-electron chi connectivity index (χ0n) is 20.7. The second-order valence-corrected chi connectivity index (χ2v) is 8.99. The van der Waals surface area contributed by atoms with Crippen molar-refractivity contribution in [2.24, 2.45) is 0 Å². The van der Waals surface area contributed by atoms with Crippen molar-refractivity contribution in [2.75, 3.05) is 31.2 Å². The number of anilines is 1. The predicted molar refractivity (Wildman–Crippen MR) is 145 cm³/mol. The van der Waals surface area contributed by atoms with E-state index in [0.717, 1.165) is 58.0 Å². The Morgan fingerprint density at radius 1 is 0.897 bits per heavy atom. The first-order chi connectivity index (χ1) is 19.2. The summed E-state index contributed by atoms with van der Waals surface area (Å²) < 4.78 is 12.1. The molecule has 0 unspecified atom stereocenters. The standard InChI is InChI=1S/C28H22N8O3/c37-28-33-26(34-39-28)23-9-6-19(17-29-23)25-22(10-8-20-7-5-18-3-1-2-4-21(18)31-20)32-27-24(11-12-30-36(25)27)35-13-15-38-16-14-35/h1-12,17H,13-16H2,(H,33,34,37). The molecule has 192 valence electrons. The Hall–Kier alpha value is -5.16. The van der Waals surface area contributed by atoms with E-state index in [1.165, 1.54) is 0 Å². The summed E-state index contributed by atoms with van der Waals surface area (Å²) in [7, 11) is 0. The third-order valence-corrected chi connectivity index (χ3v) is 6.59. The van der Waals surface area contributed by atoms with Crippen LogP contribution in [0.3, 0.4) is 0 Å². The zero-order valence-corrected chi connectivity index (χ0v) is 20.7. The fraction of sp³-hybridized carbons (Fsp3) is 0.143. The molecule has 0 aliphatic carbocycles. The van der Waals surface area contributed by atoms with Crippen LogP contribution in [0.15, 0.2) is 71.5 Å². The van der Waals surface area contributed by atoms with Gasteiger partial charge in [-0.05, 0) is 42.5 Å². The van der Waals surface area contributed by atoms with Crippen LogP contribution in [-0.2, 0) is 4.74 Å². The van der Waals surface area contributed by atoms with Crippen molar-refractivity contribution in [3.8, 4) is 28.9 Å². The van der Waals surface area contributed by atoms with Gasteiger partial charge in [-0.2, -0.15) is 10.1 Å². The van der Waals surface area contributed by atoms with E-state index >= 15 is 0 Å². The van der Waals surface area contributed by atoms with Crippen LogP contribution in [0.2, 0.25) is 0 Å². The van der Waals surface area contributed by atoms with E-state index in [1.807, 2.05) is 59.1 Å². The number of benzene rings is 1. The second kappa shape index (κ2) is 9.62. The van der Waals surface area contributed by atoms with E-state index in [9.17, 15) is 5.11 Å². The van der Waals surface area contributed by atoms with Gasteiger partial charge in [-0.3, -0.25) is 9.51 Å². The maximum atomic E-state index is 9.41. The summed E-state index contributed by atoms with van der Waals surface area (Å²) in [6, 6.07) is 17.7. The highest BCUT2D eigenvalue weighted by Crippen LogP contribution is 2.31. The molecule has 11 nitrogen and oxygen atoms in total. The fourth-order valence-electron chi connectivity index (χ4n) is 4.71. The highest BCUT2D eigenvalue weighted by molar-refractivity contribution is 5.84. The first-order valence-electron chi connectivity index (χ1n) is 12.5. The van der Waals surface area contributed by atoms with Crippen LogP contribution in [0.4, 0.5) is 5.69 Å². The number of pyridine rings is 2. The first kappa shape index (κ1) is 23.0. The van der Waals surface area contributed by atoms with Gasteiger partial charge in [0.05, 0.1) is 42.0 Å². The van der Waals surface area contributed by atoms with E-state index in [0.29, 0.717) is 18.9 Å². The molecule has 1 aliphatic heterocycles. The molecule has 1 saturated heterocycles. The summed E-state index contributed by atoms with van der Waals surface area (Å²) in [6.07, 6.45) is 6.89. The molecule has 0 radical (unpaired) electrons. The number of imidazole rings is 1. The van der Waals surface area contributed by atoms with Crippen molar-refractivity contribution in [1.82, 2.24) is 34.7 Å². The van der Waals surface area contributed by atoms with E-state index in [-0.39, 0.29) is 5.82 Å². The van der Waals surface area contributed by atoms with Gasteiger partial charge >= 0.3 is 6.08 Å². The largest absolute Gasteiger partial charge is 0.464 e. The number of ether oxygens (including phenoxy) is 1. The molecule has 0 bridgehead atoms. The van der Waals surface area contributed by atoms with Crippen LogP contribution in [0.25, 0.3) is 51.5 Å². The number of fused-ring (bicyclic) bond motifs is 2. The molecule has 6 aromatic rings. The van der Waals surface area contributed by atoms with Gasteiger partial charge in [0.15, 0.2) is 5.65 Å². The first-order valence-corrected chi connectivity index (χ1v) is 12.5. The topological polar surface area (TPSA) is 128 Å². The third-order valence-electron chi connectivity index (χ3n) is 6.59. The van der Waals surface area contributed by atoms with Crippen molar-refractivity contribution in [3.05, 3.63) is 78.4 Å². The summed E-state index contributed by atoms with van der Waals surface area (Å²) >= 11 is 0. The minimum absolute atomic E-state index is 0.201. The summed E-state index contributed by atoms with van der Waals surface area (Å²) in [5, 5.41) is 18.9. The molecule has 0 spiro atoms. The molecule has 5 aromatic heterocycles. The van der Waals surface area contributed by atoms with E-state index in [2.05, 4.69) is 35.7 Å². The number of hydrogen-bond donors (Lipinski definition) is 1. The summed E-state index contributed by atoms with van der Waals surface area (Å²) in [6.45, 7) is 2.89. The Morgan fingerprint density at radius 2 is 1.79 bits per heavy atom. The Balaban J connectivity index is 1.34. The number of morpholine rings is 1. The molecule has 0 amide bonds. The van der Waals surface area contributed by atoms with E-state index < -0.39 is 6.08 Å². The Morgan fingerprint density at radius 3 is 2.62 bits per heavy atom.